The Morgan fingerprint density at radius 2 is 1.96 bits per heavy atom. The van der Waals surface area contributed by atoms with Gasteiger partial charge in [0.2, 0.25) is 0 Å². The van der Waals surface area contributed by atoms with Crippen molar-refractivity contribution in [1.82, 2.24) is 15.5 Å². The maximum atomic E-state index is 12.6. The number of amides is 2. The van der Waals surface area contributed by atoms with Crippen LogP contribution in [0.1, 0.15) is 37.8 Å². The van der Waals surface area contributed by atoms with E-state index >= 15 is 0 Å². The maximum absolute atomic E-state index is 12.6. The highest BCUT2D eigenvalue weighted by molar-refractivity contribution is 5.95. The number of hydrogen-bond donors (Lipinski definition) is 2. The number of urea groups is 1. The van der Waals surface area contributed by atoms with Crippen molar-refractivity contribution in [2.45, 2.75) is 38.3 Å². The van der Waals surface area contributed by atoms with Crippen molar-refractivity contribution in [2.24, 2.45) is 0 Å². The molecule has 0 aliphatic carbocycles. The molecule has 1 fully saturated rings. The molecule has 0 unspecified atom stereocenters. The molecular formula is C20H27N3O4. The van der Waals surface area contributed by atoms with E-state index in [0.717, 1.165) is 24.9 Å². The maximum Gasteiger partial charge on any atom is 0.338 e. The molecule has 1 aromatic rings. The molecule has 7 heteroatoms. The van der Waals surface area contributed by atoms with E-state index in [4.69, 9.17) is 9.47 Å². The number of rotatable bonds is 5. The molecule has 27 heavy (non-hydrogen) atoms. The molecule has 7 nitrogen and oxygen atoms in total. The highest BCUT2D eigenvalue weighted by Crippen LogP contribution is 2.30. The van der Waals surface area contributed by atoms with Crippen molar-refractivity contribution >= 4 is 12.0 Å². The number of esters is 1. The Morgan fingerprint density at radius 3 is 2.59 bits per heavy atom. The van der Waals surface area contributed by atoms with Gasteiger partial charge >= 0.3 is 12.0 Å². The fourth-order valence-corrected chi connectivity index (χ4v) is 3.74. The van der Waals surface area contributed by atoms with Crippen LogP contribution in [-0.4, -0.2) is 50.3 Å². The first-order valence-corrected chi connectivity index (χ1v) is 9.30. The summed E-state index contributed by atoms with van der Waals surface area (Å²) in [5.41, 5.74) is 1.86. The van der Waals surface area contributed by atoms with Crippen molar-refractivity contribution in [2.75, 3.05) is 27.3 Å². The summed E-state index contributed by atoms with van der Waals surface area (Å²) in [6, 6.07) is 6.85. The van der Waals surface area contributed by atoms with Gasteiger partial charge in [0.15, 0.2) is 0 Å². The Hall–Kier alpha value is -2.54. The lowest BCUT2D eigenvalue weighted by Crippen LogP contribution is -2.50. The number of carbonyl (C=O) groups excluding carboxylic acids is 2. The van der Waals surface area contributed by atoms with E-state index in [-0.39, 0.29) is 6.03 Å². The van der Waals surface area contributed by atoms with Crippen LogP contribution in [0, 0.1) is 0 Å². The largest absolute Gasteiger partial charge is 0.497 e. The summed E-state index contributed by atoms with van der Waals surface area (Å²) in [5.74, 6) is 0.271. The Kier molecular flexibility index (Phi) is 6.01. The lowest BCUT2D eigenvalue weighted by atomic mass is 9.94. The van der Waals surface area contributed by atoms with Crippen molar-refractivity contribution in [3.8, 4) is 5.75 Å². The number of nitrogens with one attached hydrogen (secondary N) is 2. The zero-order chi connectivity index (χ0) is 19.4. The molecular weight excluding hydrogens is 346 g/mol. The Morgan fingerprint density at radius 1 is 1.22 bits per heavy atom. The molecule has 0 radical (unpaired) electrons. The second-order valence-corrected chi connectivity index (χ2v) is 7.00. The fraction of sp³-hybridized carbons (Fsp3) is 0.500. The minimum absolute atomic E-state index is 0.317. The summed E-state index contributed by atoms with van der Waals surface area (Å²) < 4.78 is 10.2. The molecule has 2 amide bonds. The molecule has 1 saturated heterocycles. The second kappa shape index (κ2) is 8.43. The van der Waals surface area contributed by atoms with E-state index in [9.17, 15) is 9.59 Å². The zero-order valence-electron chi connectivity index (χ0n) is 16.1. The van der Waals surface area contributed by atoms with Gasteiger partial charge in [-0.25, -0.2) is 9.59 Å². The third kappa shape index (κ3) is 4.24. The third-order valence-electron chi connectivity index (χ3n) is 5.31. The van der Waals surface area contributed by atoms with Gasteiger partial charge < -0.3 is 20.1 Å². The number of hydrogen-bond acceptors (Lipinski definition) is 5. The first kappa shape index (κ1) is 19.2. The van der Waals surface area contributed by atoms with Crippen molar-refractivity contribution < 1.29 is 19.1 Å². The normalized spacial score (nSPS) is 23.4. The topological polar surface area (TPSA) is 79.9 Å². The average Bonchev–Trinajstić information content (AvgIpc) is 2.69. The molecule has 2 aliphatic heterocycles. The molecule has 0 spiro atoms. The van der Waals surface area contributed by atoms with E-state index < -0.39 is 12.0 Å². The quantitative estimate of drug-likeness (QED) is 0.775. The molecule has 2 atom stereocenters. The molecule has 0 aromatic heterocycles. The van der Waals surface area contributed by atoms with E-state index in [2.05, 4.69) is 22.5 Å². The van der Waals surface area contributed by atoms with Crippen LogP contribution in [0.4, 0.5) is 4.79 Å². The summed E-state index contributed by atoms with van der Waals surface area (Å²) in [7, 11) is 2.96. The van der Waals surface area contributed by atoms with E-state index in [0.29, 0.717) is 29.6 Å². The van der Waals surface area contributed by atoms with Crippen molar-refractivity contribution in [3.63, 3.8) is 0 Å². The van der Waals surface area contributed by atoms with Gasteiger partial charge in [-0.15, -0.1) is 0 Å². The van der Waals surface area contributed by atoms with E-state index in [1.165, 1.54) is 13.5 Å². The highest BCUT2D eigenvalue weighted by atomic mass is 16.5. The highest BCUT2D eigenvalue weighted by Gasteiger charge is 2.34. The van der Waals surface area contributed by atoms with Gasteiger partial charge in [-0.1, -0.05) is 18.6 Å². The van der Waals surface area contributed by atoms with Crippen LogP contribution in [0.3, 0.4) is 0 Å². The predicted octanol–water partition coefficient (Wildman–Crippen LogP) is 2.35. The van der Waals surface area contributed by atoms with E-state index in [1.807, 2.05) is 24.3 Å². The lowest BCUT2D eigenvalue weighted by Gasteiger charge is -2.36. The van der Waals surface area contributed by atoms with Gasteiger partial charge in [0.1, 0.15) is 5.75 Å². The minimum Gasteiger partial charge on any atom is -0.497 e. The number of methoxy groups -OCH3 is 2. The molecule has 3 rings (SSSR count). The molecule has 0 saturated carbocycles. The van der Waals surface area contributed by atoms with Crippen LogP contribution < -0.4 is 15.4 Å². The minimum atomic E-state index is -0.563. The molecule has 2 aliphatic rings. The molecule has 2 N–H and O–H groups in total. The second-order valence-electron chi connectivity index (χ2n) is 7.00. The molecule has 146 valence electrons. The van der Waals surface area contributed by atoms with Crippen LogP contribution in [0.2, 0.25) is 0 Å². The van der Waals surface area contributed by atoms with Crippen molar-refractivity contribution in [1.29, 1.82) is 0 Å². The monoisotopic (exact) mass is 373 g/mol. The van der Waals surface area contributed by atoms with Gasteiger partial charge in [-0.2, -0.15) is 0 Å². The van der Waals surface area contributed by atoms with Gasteiger partial charge in [0.25, 0.3) is 0 Å². The standard InChI is InChI=1S/C20H27N3O4/c1-13-6-4-5-11-23(13)12-16-17(19(24)27-3)18(22-20(25)21-16)14-7-9-15(26-2)10-8-14/h7-10,13,18H,4-6,11-12H2,1-3H3,(H2,21,22,25)/t13-,18+/m0/s1. The van der Waals surface area contributed by atoms with Crippen LogP contribution >= 0.6 is 0 Å². The number of nitrogens with zero attached hydrogens (tertiary/aromatic N) is 1. The fourth-order valence-electron chi connectivity index (χ4n) is 3.74. The van der Waals surface area contributed by atoms with E-state index in [1.54, 1.807) is 7.11 Å². The number of carbonyl (C=O) groups is 2. The number of likely N-dealkylation sites (tertiary alicyclic amines) is 1. The summed E-state index contributed by atoms with van der Waals surface area (Å²) in [4.78, 5) is 27.2. The summed E-state index contributed by atoms with van der Waals surface area (Å²) in [6.45, 7) is 3.66. The lowest BCUT2D eigenvalue weighted by molar-refractivity contribution is -0.136. The number of piperidine rings is 1. The van der Waals surface area contributed by atoms with Gasteiger partial charge in [-0.3, -0.25) is 4.90 Å². The first-order chi connectivity index (χ1) is 13.0. The van der Waals surface area contributed by atoms with Crippen LogP contribution in [-0.2, 0) is 9.53 Å². The summed E-state index contributed by atoms with van der Waals surface area (Å²) in [6.07, 6.45) is 3.46. The van der Waals surface area contributed by atoms with Gasteiger partial charge in [0, 0.05) is 18.3 Å². The SMILES string of the molecule is COC(=O)C1=C(CN2CCCC[C@@H]2C)NC(=O)N[C@@H]1c1ccc(OC)cc1. The number of ether oxygens (including phenoxy) is 2. The van der Waals surface area contributed by atoms with Crippen molar-refractivity contribution in [3.05, 3.63) is 41.1 Å². The van der Waals surface area contributed by atoms with Gasteiger partial charge in [0.05, 0.1) is 25.8 Å². The molecule has 1 aromatic carbocycles. The van der Waals surface area contributed by atoms with Crippen LogP contribution in [0.25, 0.3) is 0 Å². The Bertz CT molecular complexity index is 729. The molecule has 0 bridgehead atoms. The van der Waals surface area contributed by atoms with Crippen LogP contribution in [0.15, 0.2) is 35.5 Å². The van der Waals surface area contributed by atoms with Crippen LogP contribution in [0.5, 0.6) is 5.75 Å². The third-order valence-corrected chi connectivity index (χ3v) is 5.31. The summed E-state index contributed by atoms with van der Waals surface area (Å²) in [5, 5.41) is 5.68. The Balaban J connectivity index is 1.97. The Labute approximate surface area is 159 Å². The van der Waals surface area contributed by atoms with Gasteiger partial charge in [-0.05, 0) is 44.0 Å². The molecule has 2 heterocycles. The first-order valence-electron chi connectivity index (χ1n) is 9.30. The summed E-state index contributed by atoms with van der Waals surface area (Å²) >= 11 is 0. The predicted molar refractivity (Wildman–Crippen MR) is 101 cm³/mol. The average molecular weight is 373 g/mol. The smallest absolute Gasteiger partial charge is 0.338 e. The zero-order valence-corrected chi connectivity index (χ0v) is 16.1. The number of benzene rings is 1.